The molecule has 1 spiro atoms. The molecule has 2 aromatic carbocycles. The number of nitrogens with zero attached hydrogens (tertiary/aromatic N) is 2. The fourth-order valence-electron chi connectivity index (χ4n) is 5.65. The Morgan fingerprint density at radius 1 is 0.771 bits per heavy atom. The maximum absolute atomic E-state index is 12.4. The smallest absolute Gasteiger partial charge is 0.251 e. The van der Waals surface area contributed by atoms with E-state index < -0.39 is 0 Å². The molecule has 0 unspecified atom stereocenters. The Morgan fingerprint density at radius 2 is 1.29 bits per heavy atom. The van der Waals surface area contributed by atoms with Gasteiger partial charge in [0.05, 0.1) is 30.7 Å². The van der Waals surface area contributed by atoms with Gasteiger partial charge in [-0.3, -0.25) is 9.59 Å². The third-order valence-electron chi connectivity index (χ3n) is 7.54. The Morgan fingerprint density at radius 3 is 1.83 bits per heavy atom. The standard InChI is InChI=1S/C14H15NO2.C13H13NO2.2H2S/c16-13-14(6-7-14)8-11-9-17-12(15(11)13)10-4-2-1-3-5-10;1-9-7-11-8-16-13(14(11)12(9)15)10-5-3-2-4-6-10;;/h1-5,11-12H,6-9H2;2-6,11,13H,1,7-8H2;2*1H2/t11-,12+;11-,13+;;/m00../s1. The van der Waals surface area contributed by atoms with Crippen molar-refractivity contribution in [2.75, 3.05) is 13.2 Å². The maximum atomic E-state index is 12.4. The number of hydrogen-bond acceptors (Lipinski definition) is 4. The van der Waals surface area contributed by atoms with Crippen LogP contribution in [-0.4, -0.2) is 46.9 Å². The fourth-order valence-corrected chi connectivity index (χ4v) is 5.65. The predicted octanol–water partition coefficient (Wildman–Crippen LogP) is 4.19. The first kappa shape index (κ1) is 25.8. The number of fused-ring (bicyclic) bond motifs is 2. The van der Waals surface area contributed by atoms with Crippen LogP contribution in [0.2, 0.25) is 0 Å². The molecule has 1 aliphatic carbocycles. The zero-order chi connectivity index (χ0) is 22.6. The Labute approximate surface area is 220 Å². The minimum Gasteiger partial charge on any atom is -0.352 e. The molecular weight excluding hydrogens is 480 g/mol. The highest BCUT2D eigenvalue weighted by Crippen LogP contribution is 2.58. The van der Waals surface area contributed by atoms with Crippen LogP contribution in [-0.2, 0) is 19.1 Å². The Kier molecular flexibility index (Phi) is 7.38. The molecule has 2 amide bonds. The molecule has 0 N–H and O–H groups in total. The lowest BCUT2D eigenvalue weighted by atomic mass is 10.0. The molecule has 4 heterocycles. The molecule has 7 rings (SSSR count). The molecule has 2 aromatic rings. The quantitative estimate of drug-likeness (QED) is 0.566. The summed E-state index contributed by atoms with van der Waals surface area (Å²) in [4.78, 5) is 28.1. The number of benzene rings is 2. The lowest BCUT2D eigenvalue weighted by Gasteiger charge is -2.23. The van der Waals surface area contributed by atoms with Crippen LogP contribution in [0, 0.1) is 5.41 Å². The number of carbonyl (C=O) groups is 2. The predicted molar refractivity (Wildman–Crippen MR) is 142 cm³/mol. The van der Waals surface area contributed by atoms with Gasteiger partial charge in [0.15, 0.2) is 12.5 Å². The maximum Gasteiger partial charge on any atom is 0.251 e. The van der Waals surface area contributed by atoms with Gasteiger partial charge in [-0.05, 0) is 19.3 Å². The molecule has 4 atom stereocenters. The van der Waals surface area contributed by atoms with Crippen molar-refractivity contribution in [3.8, 4) is 0 Å². The molecule has 4 aliphatic heterocycles. The zero-order valence-electron chi connectivity index (χ0n) is 19.6. The second-order valence-corrected chi connectivity index (χ2v) is 9.72. The minimum atomic E-state index is -0.224. The molecule has 4 saturated heterocycles. The van der Waals surface area contributed by atoms with Crippen molar-refractivity contribution in [1.29, 1.82) is 0 Å². The van der Waals surface area contributed by atoms with Gasteiger partial charge in [-0.25, -0.2) is 0 Å². The molecule has 5 aliphatic rings. The summed E-state index contributed by atoms with van der Waals surface area (Å²) in [5.74, 6) is 0.366. The highest BCUT2D eigenvalue weighted by atomic mass is 32.1. The van der Waals surface area contributed by atoms with E-state index in [1.54, 1.807) is 0 Å². The molecule has 6 nitrogen and oxygen atoms in total. The normalized spacial score (nSPS) is 29.2. The summed E-state index contributed by atoms with van der Waals surface area (Å²) in [5, 5.41) is 0. The molecule has 0 bridgehead atoms. The number of hydrogen-bond donors (Lipinski definition) is 0. The minimum absolute atomic E-state index is 0. The van der Waals surface area contributed by atoms with E-state index in [9.17, 15) is 9.59 Å². The van der Waals surface area contributed by atoms with Gasteiger partial charge in [0, 0.05) is 23.1 Å². The highest BCUT2D eigenvalue weighted by molar-refractivity contribution is 7.59. The Balaban J connectivity index is 0.000000156. The number of rotatable bonds is 2. The second kappa shape index (κ2) is 10.0. The summed E-state index contributed by atoms with van der Waals surface area (Å²) < 4.78 is 11.5. The fraction of sp³-hybridized carbons (Fsp3) is 0.407. The van der Waals surface area contributed by atoms with E-state index in [0.717, 1.165) is 36.8 Å². The van der Waals surface area contributed by atoms with Gasteiger partial charge in [0.25, 0.3) is 5.91 Å². The molecule has 35 heavy (non-hydrogen) atoms. The second-order valence-electron chi connectivity index (χ2n) is 9.72. The topological polar surface area (TPSA) is 59.1 Å². The van der Waals surface area contributed by atoms with Crippen molar-refractivity contribution in [2.45, 2.75) is 50.2 Å². The summed E-state index contributed by atoms with van der Waals surface area (Å²) in [6, 6.07) is 20.4. The first-order chi connectivity index (χ1) is 16.1. The van der Waals surface area contributed by atoms with Gasteiger partial charge in [0.1, 0.15) is 0 Å². The first-order valence-electron chi connectivity index (χ1n) is 11.7. The van der Waals surface area contributed by atoms with Crippen LogP contribution < -0.4 is 0 Å². The molecule has 8 heteroatoms. The van der Waals surface area contributed by atoms with Gasteiger partial charge in [0.2, 0.25) is 5.91 Å². The van der Waals surface area contributed by atoms with Crippen molar-refractivity contribution in [2.24, 2.45) is 5.41 Å². The SMILES string of the molecule is C=C1C[C@H]2CO[C@H](c3ccccc3)N2C1=O.O=C1N2[C@H](CO[C@@H]2c2ccccc2)CC12CC2.S.S. The van der Waals surface area contributed by atoms with Crippen LogP contribution in [0.5, 0.6) is 0 Å². The van der Waals surface area contributed by atoms with Gasteiger partial charge >= 0.3 is 0 Å². The van der Waals surface area contributed by atoms with Gasteiger partial charge < -0.3 is 19.3 Å². The number of amides is 2. The van der Waals surface area contributed by atoms with Gasteiger partial charge in [-0.15, -0.1) is 0 Å². The highest BCUT2D eigenvalue weighted by Gasteiger charge is 2.62. The molecule has 5 fully saturated rings. The van der Waals surface area contributed by atoms with Gasteiger partial charge in [-0.2, -0.15) is 27.0 Å². The molecule has 1 saturated carbocycles. The van der Waals surface area contributed by atoms with Crippen LogP contribution in [0.15, 0.2) is 72.8 Å². The third-order valence-corrected chi connectivity index (χ3v) is 7.54. The van der Waals surface area contributed by atoms with Crippen molar-refractivity contribution < 1.29 is 19.1 Å². The summed E-state index contributed by atoms with van der Waals surface area (Å²) in [6.07, 6.45) is 3.55. The monoisotopic (exact) mass is 512 g/mol. The lowest BCUT2D eigenvalue weighted by molar-refractivity contribution is -0.138. The lowest BCUT2D eigenvalue weighted by Crippen LogP contribution is -2.32. The van der Waals surface area contributed by atoms with E-state index in [0.29, 0.717) is 30.7 Å². The van der Waals surface area contributed by atoms with Crippen molar-refractivity contribution >= 4 is 38.8 Å². The van der Waals surface area contributed by atoms with E-state index in [-0.39, 0.29) is 56.8 Å². The summed E-state index contributed by atoms with van der Waals surface area (Å²) >= 11 is 0. The van der Waals surface area contributed by atoms with Crippen molar-refractivity contribution in [3.05, 3.63) is 83.9 Å². The molecule has 0 aromatic heterocycles. The summed E-state index contributed by atoms with van der Waals surface area (Å²) in [5.41, 5.74) is 2.85. The number of ether oxygens (including phenoxy) is 2. The van der Waals surface area contributed by atoms with E-state index in [2.05, 4.69) is 6.58 Å². The Bertz CT molecular complexity index is 1090. The average molecular weight is 513 g/mol. The van der Waals surface area contributed by atoms with Crippen LogP contribution in [0.3, 0.4) is 0 Å². The Hall–Kier alpha value is -2.26. The number of carbonyl (C=O) groups excluding carboxylic acids is 2. The summed E-state index contributed by atoms with van der Waals surface area (Å²) in [6.45, 7) is 5.12. The van der Waals surface area contributed by atoms with E-state index in [1.807, 2.05) is 70.5 Å². The zero-order valence-corrected chi connectivity index (χ0v) is 21.6. The summed E-state index contributed by atoms with van der Waals surface area (Å²) in [7, 11) is 0. The van der Waals surface area contributed by atoms with E-state index >= 15 is 0 Å². The molecule has 186 valence electrons. The van der Waals surface area contributed by atoms with Crippen LogP contribution >= 0.6 is 27.0 Å². The van der Waals surface area contributed by atoms with Crippen LogP contribution in [0.25, 0.3) is 0 Å². The molecule has 0 radical (unpaired) electrons. The van der Waals surface area contributed by atoms with Crippen LogP contribution in [0.1, 0.15) is 49.3 Å². The van der Waals surface area contributed by atoms with Crippen molar-refractivity contribution in [1.82, 2.24) is 9.80 Å². The first-order valence-corrected chi connectivity index (χ1v) is 11.7. The average Bonchev–Trinajstić information content (AvgIpc) is 3.08. The van der Waals surface area contributed by atoms with Gasteiger partial charge in [-0.1, -0.05) is 67.2 Å². The third kappa shape index (κ3) is 4.42. The van der Waals surface area contributed by atoms with E-state index in [4.69, 9.17) is 9.47 Å². The molecular formula is C27H32N2O4S2. The van der Waals surface area contributed by atoms with Crippen LogP contribution in [0.4, 0.5) is 0 Å². The van der Waals surface area contributed by atoms with Crippen molar-refractivity contribution in [3.63, 3.8) is 0 Å². The largest absolute Gasteiger partial charge is 0.352 e. The van der Waals surface area contributed by atoms with E-state index in [1.165, 1.54) is 0 Å².